The zero-order valence-corrected chi connectivity index (χ0v) is 9.23. The van der Waals surface area contributed by atoms with Gasteiger partial charge in [-0.3, -0.25) is 0 Å². The van der Waals surface area contributed by atoms with Crippen molar-refractivity contribution in [3.63, 3.8) is 0 Å². The molecule has 1 aliphatic carbocycles. The Balaban J connectivity index is 2.27. The van der Waals surface area contributed by atoms with E-state index in [1.165, 1.54) is 18.2 Å². The number of alkyl halides is 1. The summed E-state index contributed by atoms with van der Waals surface area (Å²) in [5.41, 5.74) is 0.534. The molecule has 2 atom stereocenters. The predicted octanol–water partition coefficient (Wildman–Crippen LogP) is 4.00. The summed E-state index contributed by atoms with van der Waals surface area (Å²) < 4.78 is 26.3. The van der Waals surface area contributed by atoms with Crippen molar-refractivity contribution in [3.8, 4) is 0 Å². The Hall–Kier alpha value is -0.440. The van der Waals surface area contributed by atoms with Gasteiger partial charge < -0.3 is 0 Å². The first kappa shape index (κ1) is 10.1. The number of halogens is 3. The van der Waals surface area contributed by atoms with Gasteiger partial charge in [0.15, 0.2) is 0 Å². The average Bonchev–Trinajstić information content (AvgIpc) is 2.56. The molecule has 0 radical (unpaired) electrons. The summed E-state index contributed by atoms with van der Waals surface area (Å²) in [5, 5.41) is 0. The lowest BCUT2D eigenvalue weighted by Crippen LogP contribution is -1.98. The molecule has 0 spiro atoms. The van der Waals surface area contributed by atoms with Crippen LogP contribution in [0.2, 0.25) is 0 Å². The van der Waals surface area contributed by atoms with Crippen LogP contribution in [-0.2, 0) is 0 Å². The second-order valence-electron chi connectivity index (χ2n) is 3.77. The number of hydrogen-bond donors (Lipinski definition) is 0. The first-order valence-corrected chi connectivity index (χ1v) is 5.67. The second kappa shape index (κ2) is 3.97. The fourth-order valence-corrected chi connectivity index (χ4v) is 2.75. The van der Waals surface area contributed by atoms with Gasteiger partial charge in [0.2, 0.25) is 0 Å². The summed E-state index contributed by atoms with van der Waals surface area (Å²) in [5.74, 6) is -0.451. The van der Waals surface area contributed by atoms with E-state index >= 15 is 0 Å². The molecule has 0 amide bonds. The maximum Gasteiger partial charge on any atom is 0.126 e. The molecule has 1 aromatic rings. The van der Waals surface area contributed by atoms with E-state index in [4.69, 9.17) is 0 Å². The van der Waals surface area contributed by atoms with Crippen LogP contribution in [0.15, 0.2) is 18.2 Å². The van der Waals surface area contributed by atoms with Crippen molar-refractivity contribution < 1.29 is 8.78 Å². The van der Waals surface area contributed by atoms with Crippen molar-refractivity contribution in [2.75, 3.05) is 0 Å². The third-order valence-electron chi connectivity index (χ3n) is 2.77. The Morgan fingerprint density at radius 2 is 2.00 bits per heavy atom. The third-order valence-corrected chi connectivity index (χ3v) is 3.60. The Morgan fingerprint density at radius 3 is 2.64 bits per heavy atom. The first-order valence-electron chi connectivity index (χ1n) is 4.76. The number of benzene rings is 1. The van der Waals surface area contributed by atoms with Crippen molar-refractivity contribution in [1.82, 2.24) is 0 Å². The van der Waals surface area contributed by atoms with Gasteiger partial charge >= 0.3 is 0 Å². The van der Waals surface area contributed by atoms with E-state index in [1.807, 2.05) is 0 Å². The summed E-state index contributed by atoms with van der Waals surface area (Å²) in [6.45, 7) is 0. The summed E-state index contributed by atoms with van der Waals surface area (Å²) in [4.78, 5) is 0.454. The highest BCUT2D eigenvalue weighted by atomic mass is 79.9. The molecule has 0 aromatic heterocycles. The Labute approximate surface area is 90.4 Å². The van der Waals surface area contributed by atoms with Crippen molar-refractivity contribution in [3.05, 3.63) is 35.4 Å². The molecule has 1 saturated carbocycles. The smallest absolute Gasteiger partial charge is 0.126 e. The summed E-state index contributed by atoms with van der Waals surface area (Å²) in [6, 6.07) is 3.71. The average molecular weight is 261 g/mol. The predicted molar refractivity (Wildman–Crippen MR) is 55.7 cm³/mol. The highest BCUT2D eigenvalue weighted by Crippen LogP contribution is 2.38. The van der Waals surface area contributed by atoms with Crippen molar-refractivity contribution >= 4 is 15.9 Å². The molecule has 0 nitrogen and oxygen atoms in total. The van der Waals surface area contributed by atoms with Crippen LogP contribution in [-0.4, -0.2) is 4.83 Å². The van der Waals surface area contributed by atoms with Crippen LogP contribution in [0.3, 0.4) is 0 Å². The highest BCUT2D eigenvalue weighted by molar-refractivity contribution is 9.09. The van der Waals surface area contributed by atoms with Gasteiger partial charge in [-0.05, 0) is 48.9 Å². The highest BCUT2D eigenvalue weighted by Gasteiger charge is 2.26. The summed E-state index contributed by atoms with van der Waals surface area (Å²) >= 11 is 3.50. The molecule has 1 aliphatic rings. The molecule has 2 rings (SSSR count). The zero-order chi connectivity index (χ0) is 10.1. The molecule has 0 saturated heterocycles. The lowest BCUT2D eigenvalue weighted by atomic mass is 9.97. The molecule has 3 heteroatoms. The second-order valence-corrected chi connectivity index (χ2v) is 5.07. The van der Waals surface area contributed by atoms with Crippen molar-refractivity contribution in [2.24, 2.45) is 0 Å². The van der Waals surface area contributed by atoms with Crippen LogP contribution in [0.5, 0.6) is 0 Å². The SMILES string of the molecule is Fc1ccc(F)c(C2CCC(Br)C2)c1. The van der Waals surface area contributed by atoms with E-state index in [-0.39, 0.29) is 17.6 Å². The minimum absolute atomic E-state index is 0.176. The molecule has 2 unspecified atom stereocenters. The fraction of sp³-hybridized carbons (Fsp3) is 0.455. The van der Waals surface area contributed by atoms with E-state index in [2.05, 4.69) is 15.9 Å². The molecule has 1 fully saturated rings. The van der Waals surface area contributed by atoms with E-state index in [0.717, 1.165) is 19.3 Å². The summed E-state index contributed by atoms with van der Waals surface area (Å²) in [6.07, 6.45) is 2.89. The van der Waals surface area contributed by atoms with Gasteiger partial charge in [0.25, 0.3) is 0 Å². The van der Waals surface area contributed by atoms with Gasteiger partial charge in [0.05, 0.1) is 0 Å². The van der Waals surface area contributed by atoms with Gasteiger partial charge in [-0.15, -0.1) is 0 Å². The maximum atomic E-state index is 13.4. The Morgan fingerprint density at radius 1 is 1.21 bits per heavy atom. The van der Waals surface area contributed by atoms with Crippen LogP contribution >= 0.6 is 15.9 Å². The van der Waals surface area contributed by atoms with Gasteiger partial charge in [0.1, 0.15) is 11.6 Å². The first-order chi connectivity index (χ1) is 6.66. The van der Waals surface area contributed by atoms with Crippen LogP contribution < -0.4 is 0 Å². The molecular weight excluding hydrogens is 250 g/mol. The molecule has 0 aliphatic heterocycles. The fourth-order valence-electron chi connectivity index (χ4n) is 2.04. The Bertz CT molecular complexity index is 338. The van der Waals surface area contributed by atoms with Crippen molar-refractivity contribution in [1.29, 1.82) is 0 Å². The van der Waals surface area contributed by atoms with Crippen LogP contribution in [0, 0.1) is 11.6 Å². The number of rotatable bonds is 1. The van der Waals surface area contributed by atoms with E-state index in [0.29, 0.717) is 10.4 Å². The normalized spacial score (nSPS) is 26.8. The molecule has 1 aromatic carbocycles. The summed E-state index contributed by atoms with van der Waals surface area (Å²) in [7, 11) is 0. The molecular formula is C11H11BrF2. The van der Waals surface area contributed by atoms with Gasteiger partial charge in [-0.2, -0.15) is 0 Å². The van der Waals surface area contributed by atoms with Gasteiger partial charge in [-0.25, -0.2) is 8.78 Å². The van der Waals surface area contributed by atoms with E-state index in [1.54, 1.807) is 0 Å². The molecule has 14 heavy (non-hydrogen) atoms. The quantitative estimate of drug-likeness (QED) is 0.670. The lowest BCUT2D eigenvalue weighted by molar-refractivity contribution is 0.561. The lowest BCUT2D eigenvalue weighted by Gasteiger charge is -2.10. The third kappa shape index (κ3) is 1.97. The van der Waals surface area contributed by atoms with Crippen LogP contribution in [0.1, 0.15) is 30.7 Å². The minimum Gasteiger partial charge on any atom is -0.207 e. The molecule has 0 heterocycles. The van der Waals surface area contributed by atoms with E-state index < -0.39 is 0 Å². The standard InChI is InChI=1S/C11H11BrF2/c12-8-2-1-7(5-8)10-6-9(13)3-4-11(10)14/h3-4,6-8H,1-2,5H2. The van der Waals surface area contributed by atoms with E-state index in [9.17, 15) is 8.78 Å². The molecule has 0 N–H and O–H groups in total. The molecule has 0 bridgehead atoms. The molecule has 76 valence electrons. The topological polar surface area (TPSA) is 0 Å². The monoisotopic (exact) mass is 260 g/mol. The minimum atomic E-state index is -0.348. The van der Waals surface area contributed by atoms with Crippen molar-refractivity contribution in [2.45, 2.75) is 30.0 Å². The van der Waals surface area contributed by atoms with Crippen LogP contribution in [0.25, 0.3) is 0 Å². The Kier molecular flexibility index (Phi) is 2.86. The largest absolute Gasteiger partial charge is 0.207 e. The van der Waals surface area contributed by atoms with Gasteiger partial charge in [-0.1, -0.05) is 15.9 Å². The number of hydrogen-bond acceptors (Lipinski definition) is 0. The van der Waals surface area contributed by atoms with Crippen LogP contribution in [0.4, 0.5) is 8.78 Å². The maximum absolute atomic E-state index is 13.4. The zero-order valence-electron chi connectivity index (χ0n) is 7.64. The van der Waals surface area contributed by atoms with Gasteiger partial charge in [0, 0.05) is 4.83 Å².